The van der Waals surface area contributed by atoms with Crippen molar-refractivity contribution in [1.29, 1.82) is 0 Å². The largest absolute Gasteiger partial charge is 0.368 e. The summed E-state index contributed by atoms with van der Waals surface area (Å²) in [6.07, 6.45) is 1.96. The minimum absolute atomic E-state index is 0.00168. The standard InChI is InChI=1S/C25H28N4O4/c30-22-7-9-24(32)28(14-22)16-26-20-5-1-3-18(12-20)11-19-4-2-6-21(13-19)27-17-29-15-23(31)8-10-25(29)33/h1-6,12-13,26-27H,7-11,14-17H2. The highest BCUT2D eigenvalue weighted by Crippen LogP contribution is 2.19. The Bertz CT molecular complexity index is 984. The maximum Gasteiger partial charge on any atom is 0.224 e. The zero-order chi connectivity index (χ0) is 23.2. The van der Waals surface area contributed by atoms with Crippen molar-refractivity contribution in [3.05, 3.63) is 59.7 Å². The van der Waals surface area contributed by atoms with Crippen molar-refractivity contribution in [2.75, 3.05) is 37.1 Å². The van der Waals surface area contributed by atoms with Gasteiger partial charge in [-0.2, -0.15) is 0 Å². The fourth-order valence-electron chi connectivity index (χ4n) is 4.05. The van der Waals surface area contributed by atoms with Crippen LogP contribution in [0.4, 0.5) is 11.4 Å². The van der Waals surface area contributed by atoms with Crippen LogP contribution in [0.3, 0.4) is 0 Å². The van der Waals surface area contributed by atoms with E-state index in [4.69, 9.17) is 0 Å². The lowest BCUT2D eigenvalue weighted by Crippen LogP contribution is -2.42. The van der Waals surface area contributed by atoms with E-state index in [0.29, 0.717) is 32.6 Å². The van der Waals surface area contributed by atoms with Crippen LogP contribution in [0.2, 0.25) is 0 Å². The number of ketones is 2. The number of nitrogens with one attached hydrogen (secondary N) is 2. The van der Waals surface area contributed by atoms with Crippen molar-refractivity contribution in [2.24, 2.45) is 0 Å². The highest BCUT2D eigenvalue weighted by molar-refractivity contribution is 5.93. The maximum atomic E-state index is 12.0. The number of carbonyl (C=O) groups excluding carboxylic acids is 4. The quantitative estimate of drug-likeness (QED) is 0.644. The monoisotopic (exact) mass is 448 g/mol. The summed E-state index contributed by atoms with van der Waals surface area (Å²) in [5.41, 5.74) is 3.99. The van der Waals surface area contributed by atoms with Crippen LogP contribution in [0.1, 0.15) is 36.8 Å². The fourth-order valence-corrected chi connectivity index (χ4v) is 4.05. The van der Waals surface area contributed by atoms with Gasteiger partial charge in [0.15, 0.2) is 11.6 Å². The molecule has 8 nitrogen and oxygen atoms in total. The van der Waals surface area contributed by atoms with E-state index >= 15 is 0 Å². The van der Waals surface area contributed by atoms with E-state index in [1.54, 1.807) is 9.80 Å². The summed E-state index contributed by atoms with van der Waals surface area (Å²) in [7, 11) is 0. The fraction of sp³-hybridized carbons (Fsp3) is 0.360. The van der Waals surface area contributed by atoms with Gasteiger partial charge in [0, 0.05) is 37.1 Å². The molecule has 33 heavy (non-hydrogen) atoms. The number of Topliss-reactive ketones (excluding diaryl/α,β-unsaturated/α-hetero) is 2. The van der Waals surface area contributed by atoms with Gasteiger partial charge in [0.05, 0.1) is 26.4 Å². The summed E-state index contributed by atoms with van der Waals surface area (Å²) in [6, 6.07) is 16.0. The van der Waals surface area contributed by atoms with Crippen molar-refractivity contribution in [1.82, 2.24) is 9.80 Å². The van der Waals surface area contributed by atoms with Crippen molar-refractivity contribution in [3.8, 4) is 0 Å². The molecule has 0 unspecified atom stereocenters. The van der Waals surface area contributed by atoms with E-state index in [1.165, 1.54) is 0 Å². The number of likely N-dealkylation sites (tertiary alicyclic amines) is 2. The minimum Gasteiger partial charge on any atom is -0.368 e. The molecular weight excluding hydrogens is 420 g/mol. The Morgan fingerprint density at radius 1 is 0.636 bits per heavy atom. The molecule has 2 N–H and O–H groups in total. The molecule has 0 aliphatic carbocycles. The van der Waals surface area contributed by atoms with Crippen LogP contribution in [0.5, 0.6) is 0 Å². The number of benzene rings is 2. The average molecular weight is 449 g/mol. The number of hydrogen-bond donors (Lipinski definition) is 2. The molecule has 0 saturated carbocycles. The topological polar surface area (TPSA) is 98.8 Å². The molecule has 0 aromatic heterocycles. The van der Waals surface area contributed by atoms with E-state index < -0.39 is 0 Å². The average Bonchev–Trinajstić information content (AvgIpc) is 2.81. The third-order valence-corrected chi connectivity index (χ3v) is 5.89. The molecule has 2 aliphatic heterocycles. The molecule has 0 spiro atoms. The third kappa shape index (κ3) is 6.19. The van der Waals surface area contributed by atoms with Gasteiger partial charge < -0.3 is 20.4 Å². The van der Waals surface area contributed by atoms with Crippen LogP contribution in [-0.4, -0.2) is 59.6 Å². The minimum atomic E-state index is -0.00168. The number of carbonyl (C=O) groups is 4. The van der Waals surface area contributed by atoms with Crippen molar-refractivity contribution < 1.29 is 19.2 Å². The van der Waals surface area contributed by atoms with E-state index in [2.05, 4.69) is 10.6 Å². The van der Waals surface area contributed by atoms with Crippen LogP contribution in [0, 0.1) is 0 Å². The van der Waals surface area contributed by atoms with Crippen LogP contribution in [-0.2, 0) is 25.6 Å². The lowest BCUT2D eigenvalue weighted by Gasteiger charge is -2.26. The van der Waals surface area contributed by atoms with E-state index in [1.807, 2.05) is 48.5 Å². The predicted molar refractivity (Wildman–Crippen MR) is 125 cm³/mol. The number of anilines is 2. The first kappa shape index (κ1) is 22.5. The van der Waals surface area contributed by atoms with Crippen LogP contribution >= 0.6 is 0 Å². The van der Waals surface area contributed by atoms with Crippen LogP contribution in [0.15, 0.2) is 48.5 Å². The normalized spacial score (nSPS) is 16.8. The Balaban J connectivity index is 1.33. The molecule has 2 aliphatic rings. The second-order valence-electron chi connectivity index (χ2n) is 8.51. The van der Waals surface area contributed by atoms with Gasteiger partial charge in [-0.25, -0.2) is 0 Å². The zero-order valence-corrected chi connectivity index (χ0v) is 18.5. The number of nitrogens with zero attached hydrogens (tertiary/aromatic N) is 2. The molecule has 4 rings (SSSR count). The SMILES string of the molecule is O=C1CCC(=O)N(CNc2cccc(Cc3cccc(NCN4CC(=O)CCC4=O)c3)c2)C1. The molecule has 8 heteroatoms. The summed E-state index contributed by atoms with van der Waals surface area (Å²) >= 11 is 0. The van der Waals surface area contributed by atoms with Gasteiger partial charge >= 0.3 is 0 Å². The smallest absolute Gasteiger partial charge is 0.224 e. The van der Waals surface area contributed by atoms with Gasteiger partial charge in [-0.15, -0.1) is 0 Å². The summed E-state index contributed by atoms with van der Waals surface area (Å²) in [5.74, 6) is 0.182. The van der Waals surface area contributed by atoms with Gasteiger partial charge in [-0.05, 0) is 41.8 Å². The molecule has 172 valence electrons. The van der Waals surface area contributed by atoms with Crippen molar-refractivity contribution in [3.63, 3.8) is 0 Å². The highest BCUT2D eigenvalue weighted by atomic mass is 16.2. The van der Waals surface area contributed by atoms with E-state index in [-0.39, 0.29) is 49.3 Å². The summed E-state index contributed by atoms with van der Waals surface area (Å²) in [4.78, 5) is 50.3. The number of piperidine rings is 2. The second-order valence-corrected chi connectivity index (χ2v) is 8.51. The van der Waals surface area contributed by atoms with Gasteiger partial charge in [0.1, 0.15) is 0 Å². The number of hydrogen-bond acceptors (Lipinski definition) is 6. The Morgan fingerprint density at radius 3 is 1.55 bits per heavy atom. The number of amides is 2. The third-order valence-electron chi connectivity index (χ3n) is 5.89. The van der Waals surface area contributed by atoms with Gasteiger partial charge in [0.2, 0.25) is 11.8 Å². The van der Waals surface area contributed by atoms with Gasteiger partial charge in [-0.1, -0.05) is 24.3 Å². The Morgan fingerprint density at radius 2 is 1.09 bits per heavy atom. The van der Waals surface area contributed by atoms with Crippen LogP contribution in [0.25, 0.3) is 0 Å². The second kappa shape index (κ2) is 10.3. The van der Waals surface area contributed by atoms with E-state index in [0.717, 1.165) is 22.5 Å². The Hall–Kier alpha value is -3.68. The first-order valence-corrected chi connectivity index (χ1v) is 11.2. The van der Waals surface area contributed by atoms with E-state index in [9.17, 15) is 19.2 Å². The molecule has 2 saturated heterocycles. The van der Waals surface area contributed by atoms with Gasteiger partial charge in [0.25, 0.3) is 0 Å². The Labute approximate surface area is 192 Å². The highest BCUT2D eigenvalue weighted by Gasteiger charge is 2.24. The molecule has 2 heterocycles. The lowest BCUT2D eigenvalue weighted by molar-refractivity contribution is -0.139. The first-order valence-electron chi connectivity index (χ1n) is 11.2. The molecule has 0 bridgehead atoms. The molecule has 2 aromatic carbocycles. The molecule has 2 fully saturated rings. The summed E-state index contributed by atoms with van der Waals surface area (Å²) in [5, 5.41) is 6.49. The molecule has 0 radical (unpaired) electrons. The summed E-state index contributed by atoms with van der Waals surface area (Å²) in [6.45, 7) is 0.960. The van der Waals surface area contributed by atoms with Crippen molar-refractivity contribution in [2.45, 2.75) is 32.1 Å². The molecule has 2 aromatic rings. The van der Waals surface area contributed by atoms with Gasteiger partial charge in [-0.3, -0.25) is 19.2 Å². The molecule has 2 amide bonds. The first-order chi connectivity index (χ1) is 16.0. The van der Waals surface area contributed by atoms with Crippen LogP contribution < -0.4 is 10.6 Å². The molecule has 0 atom stereocenters. The molecular formula is C25H28N4O4. The predicted octanol–water partition coefficient (Wildman–Crippen LogP) is 2.40. The zero-order valence-electron chi connectivity index (χ0n) is 18.5. The summed E-state index contributed by atoms with van der Waals surface area (Å²) < 4.78 is 0. The Kier molecular flexibility index (Phi) is 7.02. The number of rotatable bonds is 8. The van der Waals surface area contributed by atoms with Crippen molar-refractivity contribution >= 4 is 34.8 Å². The maximum absolute atomic E-state index is 12.0. The lowest BCUT2D eigenvalue weighted by atomic mass is 10.0.